The number of rotatable bonds is 8. The first kappa shape index (κ1) is 24.0. The summed E-state index contributed by atoms with van der Waals surface area (Å²) in [6.07, 6.45) is 2.59. The van der Waals surface area contributed by atoms with Crippen LogP contribution in [0.25, 0.3) is 0 Å². The number of ketones is 1. The van der Waals surface area contributed by atoms with Crippen LogP contribution >= 0.6 is 0 Å². The summed E-state index contributed by atoms with van der Waals surface area (Å²) in [5.74, 6) is 2.72. The highest BCUT2D eigenvalue weighted by Crippen LogP contribution is 2.35. The van der Waals surface area contributed by atoms with Gasteiger partial charge in [0.25, 0.3) is 0 Å². The minimum absolute atomic E-state index is 0.0454. The Balaban J connectivity index is 1.34. The highest BCUT2D eigenvalue weighted by Gasteiger charge is 2.38. The summed E-state index contributed by atoms with van der Waals surface area (Å²) in [6.45, 7) is 9.39. The summed E-state index contributed by atoms with van der Waals surface area (Å²) >= 11 is 0. The first-order valence-electron chi connectivity index (χ1n) is 12.0. The zero-order valence-electron chi connectivity index (χ0n) is 20.6. The van der Waals surface area contributed by atoms with E-state index in [0.717, 1.165) is 29.7 Å². The lowest BCUT2D eigenvalue weighted by Gasteiger charge is -2.46. The van der Waals surface area contributed by atoms with E-state index < -0.39 is 0 Å². The quantitative estimate of drug-likeness (QED) is 0.364. The van der Waals surface area contributed by atoms with Crippen molar-refractivity contribution in [1.29, 1.82) is 0 Å². The van der Waals surface area contributed by atoms with Gasteiger partial charge in [-0.05, 0) is 88.4 Å². The van der Waals surface area contributed by atoms with Crippen LogP contribution in [0.4, 0.5) is 0 Å². The van der Waals surface area contributed by atoms with E-state index in [9.17, 15) is 4.79 Å². The van der Waals surface area contributed by atoms with Gasteiger partial charge in [-0.25, -0.2) is 0 Å². The van der Waals surface area contributed by atoms with Crippen molar-refractivity contribution in [2.45, 2.75) is 64.6 Å². The highest BCUT2D eigenvalue weighted by atomic mass is 16.5. The molecule has 4 nitrogen and oxygen atoms in total. The number of nitrogens with one attached hydrogen (secondary N) is 1. The van der Waals surface area contributed by atoms with Gasteiger partial charge < -0.3 is 14.8 Å². The van der Waals surface area contributed by atoms with Crippen molar-refractivity contribution in [2.24, 2.45) is 5.92 Å². The van der Waals surface area contributed by atoms with Crippen molar-refractivity contribution < 1.29 is 14.3 Å². The molecule has 3 aromatic rings. The maximum atomic E-state index is 13.0. The van der Waals surface area contributed by atoms with Crippen LogP contribution in [0.5, 0.6) is 17.2 Å². The van der Waals surface area contributed by atoms with E-state index in [-0.39, 0.29) is 16.9 Å². The maximum Gasteiger partial charge on any atom is 0.163 e. The Kier molecular flexibility index (Phi) is 7.08. The highest BCUT2D eigenvalue weighted by molar-refractivity contribution is 5.96. The van der Waals surface area contributed by atoms with Gasteiger partial charge in [0, 0.05) is 29.1 Å². The molecule has 0 radical (unpaired) electrons. The lowest BCUT2D eigenvalue weighted by molar-refractivity contribution is 0.0864. The molecule has 4 heteroatoms. The van der Waals surface area contributed by atoms with Crippen LogP contribution in [0.2, 0.25) is 0 Å². The molecule has 1 N–H and O–H groups in total. The summed E-state index contributed by atoms with van der Waals surface area (Å²) in [5, 5.41) is 3.69. The molecular formula is C30H35NO3. The topological polar surface area (TPSA) is 47.6 Å². The normalized spacial score (nSPS) is 17.2. The van der Waals surface area contributed by atoms with Gasteiger partial charge in [-0.3, -0.25) is 4.79 Å². The van der Waals surface area contributed by atoms with Crippen LogP contribution in [0.1, 0.15) is 62.9 Å². The third-order valence-electron chi connectivity index (χ3n) is 6.21. The van der Waals surface area contributed by atoms with Crippen LogP contribution < -0.4 is 14.8 Å². The third kappa shape index (κ3) is 6.71. The number of piperidine rings is 1. The van der Waals surface area contributed by atoms with E-state index >= 15 is 0 Å². The molecule has 1 saturated heterocycles. The minimum Gasteiger partial charge on any atom is -0.489 e. The van der Waals surface area contributed by atoms with Gasteiger partial charge in [-0.2, -0.15) is 0 Å². The fraction of sp³-hybridized carbons (Fsp3) is 0.367. The molecule has 0 aliphatic carbocycles. The Morgan fingerprint density at radius 2 is 1.47 bits per heavy atom. The Bertz CT molecular complexity index is 1090. The van der Waals surface area contributed by atoms with E-state index in [1.165, 1.54) is 0 Å². The lowest BCUT2D eigenvalue weighted by atomic mass is 9.74. The van der Waals surface area contributed by atoms with Crippen molar-refractivity contribution in [3.05, 3.63) is 90.0 Å². The predicted octanol–water partition coefficient (Wildman–Crippen LogP) is 7.19. The first-order valence-corrected chi connectivity index (χ1v) is 12.0. The molecular weight excluding hydrogens is 422 g/mol. The van der Waals surface area contributed by atoms with Gasteiger partial charge in [-0.15, -0.1) is 0 Å². The van der Waals surface area contributed by atoms with Gasteiger partial charge in [0.2, 0.25) is 0 Å². The van der Waals surface area contributed by atoms with Gasteiger partial charge in [-0.1, -0.05) is 36.4 Å². The van der Waals surface area contributed by atoms with Crippen LogP contribution in [0.15, 0.2) is 78.9 Å². The van der Waals surface area contributed by atoms with E-state index in [0.29, 0.717) is 30.4 Å². The fourth-order valence-electron chi connectivity index (χ4n) is 5.27. The first-order chi connectivity index (χ1) is 16.2. The van der Waals surface area contributed by atoms with Crippen LogP contribution in [0.3, 0.4) is 0 Å². The van der Waals surface area contributed by atoms with Crippen molar-refractivity contribution in [2.75, 3.05) is 0 Å². The van der Waals surface area contributed by atoms with E-state index in [1.807, 2.05) is 78.9 Å². The van der Waals surface area contributed by atoms with Crippen molar-refractivity contribution in [3.63, 3.8) is 0 Å². The molecule has 0 aromatic heterocycles. The largest absolute Gasteiger partial charge is 0.489 e. The number of hydrogen-bond donors (Lipinski definition) is 1. The van der Waals surface area contributed by atoms with Crippen molar-refractivity contribution in [1.82, 2.24) is 5.32 Å². The van der Waals surface area contributed by atoms with Gasteiger partial charge >= 0.3 is 0 Å². The summed E-state index contributed by atoms with van der Waals surface area (Å²) in [7, 11) is 0. The Morgan fingerprint density at radius 1 is 0.824 bits per heavy atom. The summed E-state index contributed by atoms with van der Waals surface area (Å²) in [5.41, 5.74) is 1.94. The molecule has 0 spiro atoms. The van der Waals surface area contributed by atoms with Crippen molar-refractivity contribution in [3.8, 4) is 17.2 Å². The second-order valence-corrected chi connectivity index (χ2v) is 10.7. The fourth-order valence-corrected chi connectivity index (χ4v) is 5.27. The van der Waals surface area contributed by atoms with Gasteiger partial charge in [0.05, 0.1) is 0 Å². The number of carbonyl (C=O) groups excluding carboxylic acids is 1. The molecule has 0 saturated carbocycles. The molecule has 1 aliphatic rings. The molecule has 0 amide bonds. The number of Topliss-reactive ketones (excluding diaryl/α,β-unsaturated/α-hetero) is 1. The van der Waals surface area contributed by atoms with E-state index in [1.54, 1.807) is 0 Å². The monoisotopic (exact) mass is 457 g/mol. The third-order valence-corrected chi connectivity index (χ3v) is 6.21. The molecule has 0 bridgehead atoms. The summed E-state index contributed by atoms with van der Waals surface area (Å²) in [6, 6.07) is 25.1. The second kappa shape index (κ2) is 10.0. The molecule has 4 rings (SSSR count). The number of hydrogen-bond acceptors (Lipinski definition) is 4. The van der Waals surface area contributed by atoms with Gasteiger partial charge in [0.1, 0.15) is 23.9 Å². The second-order valence-electron chi connectivity index (χ2n) is 10.7. The Labute approximate surface area is 203 Å². The zero-order chi connectivity index (χ0) is 24.2. The average molecular weight is 458 g/mol. The molecule has 34 heavy (non-hydrogen) atoms. The number of ether oxygens (including phenoxy) is 2. The predicted molar refractivity (Wildman–Crippen MR) is 137 cm³/mol. The molecule has 1 aliphatic heterocycles. The molecule has 0 atom stereocenters. The molecule has 1 fully saturated rings. The smallest absolute Gasteiger partial charge is 0.163 e. The Morgan fingerprint density at radius 3 is 2.15 bits per heavy atom. The number of benzene rings is 3. The van der Waals surface area contributed by atoms with Crippen LogP contribution in [-0.4, -0.2) is 16.9 Å². The SMILES string of the molecule is CC1(C)CC(CC(=O)c2ccc(Oc3cccc(OCc4ccccc4)c3)cc2)CC(C)(C)N1. The Hall–Kier alpha value is -3.11. The van der Waals surface area contributed by atoms with Crippen molar-refractivity contribution >= 4 is 5.78 Å². The summed E-state index contributed by atoms with van der Waals surface area (Å²) in [4.78, 5) is 13.0. The van der Waals surface area contributed by atoms with E-state index in [4.69, 9.17) is 9.47 Å². The molecule has 3 aromatic carbocycles. The minimum atomic E-state index is 0.0454. The lowest BCUT2D eigenvalue weighted by Crippen LogP contribution is -2.57. The van der Waals surface area contributed by atoms with Crippen LogP contribution in [-0.2, 0) is 6.61 Å². The maximum absolute atomic E-state index is 13.0. The molecule has 178 valence electrons. The van der Waals surface area contributed by atoms with Crippen LogP contribution in [0, 0.1) is 5.92 Å². The number of carbonyl (C=O) groups is 1. The van der Waals surface area contributed by atoms with E-state index in [2.05, 4.69) is 33.0 Å². The molecule has 0 unspecified atom stereocenters. The van der Waals surface area contributed by atoms with Gasteiger partial charge in [0.15, 0.2) is 5.78 Å². The molecule has 1 heterocycles. The standard InChI is InChI=1S/C30H35NO3/c1-29(2)19-23(20-30(3,4)31-29)17-28(32)24-13-15-25(16-14-24)34-27-12-8-11-26(18-27)33-21-22-9-6-5-7-10-22/h5-16,18,23,31H,17,19-21H2,1-4H3. The zero-order valence-corrected chi connectivity index (χ0v) is 20.6. The average Bonchev–Trinajstić information content (AvgIpc) is 2.77. The summed E-state index contributed by atoms with van der Waals surface area (Å²) < 4.78 is 11.9.